The first kappa shape index (κ1) is 11.0. The molecule has 0 radical (unpaired) electrons. The zero-order chi connectivity index (χ0) is 13.0. The van der Waals surface area contributed by atoms with Crippen LogP contribution in [-0.2, 0) is 13.0 Å². The topological polar surface area (TPSA) is 60.1 Å². The monoisotopic (exact) mass is 257 g/mol. The number of hydrogen-bond donors (Lipinski definition) is 1. The number of benzene rings is 1. The number of non-ortho nitro benzene ring substituents is 1. The highest BCUT2D eigenvalue weighted by Crippen LogP contribution is 2.39. The van der Waals surface area contributed by atoms with E-state index in [0.717, 1.165) is 36.8 Å². The lowest BCUT2D eigenvalue weighted by Crippen LogP contribution is -2.35. The molecule has 5 heteroatoms. The molecule has 0 saturated carbocycles. The lowest BCUT2D eigenvalue weighted by Gasteiger charge is -2.31. The van der Waals surface area contributed by atoms with Crippen LogP contribution in [0.15, 0.2) is 18.2 Å². The summed E-state index contributed by atoms with van der Waals surface area (Å²) in [6, 6.07) is 5.71. The van der Waals surface area contributed by atoms with Crippen molar-refractivity contribution < 1.29 is 4.92 Å². The summed E-state index contributed by atoms with van der Waals surface area (Å²) in [6.07, 6.45) is 3.37. The van der Waals surface area contributed by atoms with E-state index in [4.69, 9.17) is 0 Å². The molecule has 0 unspecified atom stereocenters. The minimum Gasteiger partial charge on any atom is -0.342 e. The quantitative estimate of drug-likeness (QED) is 0.631. The summed E-state index contributed by atoms with van der Waals surface area (Å²) in [5.74, 6) is 0. The van der Waals surface area contributed by atoms with Gasteiger partial charge in [-0.2, -0.15) is 0 Å². The van der Waals surface area contributed by atoms with E-state index in [-0.39, 0.29) is 10.6 Å². The van der Waals surface area contributed by atoms with Crippen LogP contribution in [0.2, 0.25) is 0 Å². The molecule has 4 rings (SSSR count). The van der Waals surface area contributed by atoms with Gasteiger partial charge in [-0.1, -0.05) is 0 Å². The van der Waals surface area contributed by atoms with Crippen molar-refractivity contribution in [1.29, 1.82) is 0 Å². The van der Waals surface area contributed by atoms with Gasteiger partial charge >= 0.3 is 0 Å². The van der Waals surface area contributed by atoms with Crippen molar-refractivity contribution in [2.24, 2.45) is 0 Å². The van der Waals surface area contributed by atoms with Crippen molar-refractivity contribution in [2.45, 2.75) is 31.8 Å². The van der Waals surface area contributed by atoms with Crippen LogP contribution in [0.1, 0.15) is 30.1 Å². The molecule has 1 aromatic carbocycles. The van der Waals surface area contributed by atoms with Gasteiger partial charge < -0.3 is 9.88 Å². The van der Waals surface area contributed by atoms with Crippen LogP contribution in [0.3, 0.4) is 0 Å². The third-order valence-electron chi connectivity index (χ3n) is 4.38. The van der Waals surface area contributed by atoms with Crippen LogP contribution in [-0.4, -0.2) is 16.0 Å². The number of aromatic nitrogens is 1. The maximum Gasteiger partial charge on any atom is 0.270 e. The van der Waals surface area contributed by atoms with Crippen LogP contribution in [0.4, 0.5) is 5.69 Å². The summed E-state index contributed by atoms with van der Waals surface area (Å²) in [5.41, 5.74) is 4.04. The normalized spacial score (nSPS) is 21.4. The predicted octanol–water partition coefficient (Wildman–Crippen LogP) is 2.53. The third-order valence-corrected chi connectivity index (χ3v) is 4.38. The van der Waals surface area contributed by atoms with E-state index in [1.54, 1.807) is 12.1 Å². The molecule has 19 heavy (non-hydrogen) atoms. The first-order valence-electron chi connectivity index (χ1n) is 6.78. The number of nitro benzene ring substituents is 1. The van der Waals surface area contributed by atoms with Gasteiger partial charge in [0.2, 0.25) is 0 Å². The Labute approximate surface area is 110 Å². The maximum atomic E-state index is 11.0. The molecule has 0 spiro atoms. The zero-order valence-corrected chi connectivity index (χ0v) is 10.6. The molecule has 2 aliphatic rings. The van der Waals surface area contributed by atoms with Crippen molar-refractivity contribution in [3.63, 3.8) is 0 Å². The summed E-state index contributed by atoms with van der Waals surface area (Å²) in [6.45, 7) is 1.94. The van der Waals surface area contributed by atoms with Gasteiger partial charge in [0.25, 0.3) is 5.69 Å². The van der Waals surface area contributed by atoms with Crippen LogP contribution >= 0.6 is 0 Å². The molecule has 1 aliphatic carbocycles. The highest BCUT2D eigenvalue weighted by atomic mass is 16.6. The Morgan fingerprint density at radius 2 is 2.32 bits per heavy atom. The van der Waals surface area contributed by atoms with E-state index < -0.39 is 0 Å². The molecule has 98 valence electrons. The standard InChI is InChI=1S/C14H15N3O2/c18-17(19)9-4-5-13-11(8-9)10-2-1-3-12-14(10)16(13)7-6-15-12/h4-5,8,12,15H,1-3,6-7H2/t12-/m1/s1. The fraction of sp³-hybridized carbons (Fsp3) is 0.429. The van der Waals surface area contributed by atoms with Gasteiger partial charge in [-0.25, -0.2) is 0 Å². The highest BCUT2D eigenvalue weighted by molar-refractivity contribution is 5.88. The molecule has 2 heterocycles. The number of aryl methyl sites for hydroxylation is 1. The number of rotatable bonds is 1. The van der Waals surface area contributed by atoms with Crippen LogP contribution < -0.4 is 5.32 Å². The second-order valence-electron chi connectivity index (χ2n) is 5.37. The molecule has 1 N–H and O–H groups in total. The van der Waals surface area contributed by atoms with Crippen molar-refractivity contribution in [3.8, 4) is 0 Å². The van der Waals surface area contributed by atoms with Gasteiger partial charge in [-0.05, 0) is 30.9 Å². The molecule has 1 aromatic heterocycles. The van der Waals surface area contributed by atoms with E-state index in [0.29, 0.717) is 6.04 Å². The van der Waals surface area contributed by atoms with Gasteiger partial charge in [-0.3, -0.25) is 10.1 Å². The smallest absolute Gasteiger partial charge is 0.270 e. The van der Waals surface area contributed by atoms with Crippen molar-refractivity contribution in [3.05, 3.63) is 39.6 Å². The fourth-order valence-electron chi connectivity index (χ4n) is 3.62. The van der Waals surface area contributed by atoms with E-state index >= 15 is 0 Å². The average molecular weight is 257 g/mol. The Balaban J connectivity index is 2.04. The van der Waals surface area contributed by atoms with Gasteiger partial charge in [0.05, 0.1) is 4.92 Å². The minimum absolute atomic E-state index is 0.196. The maximum absolute atomic E-state index is 11.0. The minimum atomic E-state index is -0.304. The molecular formula is C14H15N3O2. The molecule has 1 aliphatic heterocycles. The van der Waals surface area contributed by atoms with Gasteiger partial charge in [0.1, 0.15) is 0 Å². The molecular weight excluding hydrogens is 242 g/mol. The molecule has 2 aromatic rings. The summed E-state index contributed by atoms with van der Waals surface area (Å²) in [4.78, 5) is 10.6. The van der Waals surface area contributed by atoms with E-state index in [9.17, 15) is 10.1 Å². The third kappa shape index (κ3) is 1.45. The molecule has 0 fully saturated rings. The Morgan fingerprint density at radius 1 is 1.42 bits per heavy atom. The summed E-state index contributed by atoms with van der Waals surface area (Å²) < 4.78 is 2.36. The van der Waals surface area contributed by atoms with Crippen LogP contribution in [0.25, 0.3) is 10.9 Å². The Hall–Kier alpha value is -1.88. The molecule has 0 saturated heterocycles. The Morgan fingerprint density at radius 3 is 3.16 bits per heavy atom. The molecule has 5 nitrogen and oxygen atoms in total. The fourth-order valence-corrected chi connectivity index (χ4v) is 3.62. The Bertz CT molecular complexity index is 688. The van der Waals surface area contributed by atoms with Crippen LogP contribution in [0.5, 0.6) is 0 Å². The van der Waals surface area contributed by atoms with E-state index in [2.05, 4.69) is 9.88 Å². The predicted molar refractivity (Wildman–Crippen MR) is 72.3 cm³/mol. The summed E-state index contributed by atoms with van der Waals surface area (Å²) >= 11 is 0. The summed E-state index contributed by atoms with van der Waals surface area (Å²) in [5, 5.41) is 15.6. The molecule has 1 atom stereocenters. The van der Waals surface area contributed by atoms with Gasteiger partial charge in [-0.15, -0.1) is 0 Å². The van der Waals surface area contributed by atoms with E-state index in [1.165, 1.54) is 17.7 Å². The number of nitrogens with one attached hydrogen (secondary N) is 1. The van der Waals surface area contributed by atoms with Gasteiger partial charge in [0.15, 0.2) is 0 Å². The number of fused-ring (bicyclic) bond motifs is 3. The Kier molecular flexibility index (Phi) is 2.20. The number of nitrogens with zero attached hydrogens (tertiary/aromatic N) is 2. The van der Waals surface area contributed by atoms with Crippen molar-refractivity contribution in [1.82, 2.24) is 9.88 Å². The van der Waals surface area contributed by atoms with Crippen molar-refractivity contribution >= 4 is 16.6 Å². The highest BCUT2D eigenvalue weighted by Gasteiger charge is 2.30. The SMILES string of the molecule is O=[N+]([O-])c1ccc2c(c1)c1c3n2CCN[C@@H]3CCC1. The first-order valence-corrected chi connectivity index (χ1v) is 6.78. The lowest BCUT2D eigenvalue weighted by molar-refractivity contribution is -0.384. The van der Waals surface area contributed by atoms with Gasteiger partial charge in [0, 0.05) is 47.9 Å². The van der Waals surface area contributed by atoms with E-state index in [1.807, 2.05) is 6.07 Å². The molecule has 0 amide bonds. The number of nitro groups is 1. The number of hydrogen-bond acceptors (Lipinski definition) is 3. The van der Waals surface area contributed by atoms with Crippen LogP contribution in [0, 0.1) is 10.1 Å². The first-order chi connectivity index (χ1) is 9.25. The average Bonchev–Trinajstić information content (AvgIpc) is 2.76. The van der Waals surface area contributed by atoms with Crippen molar-refractivity contribution in [2.75, 3.05) is 6.54 Å². The summed E-state index contributed by atoms with van der Waals surface area (Å²) in [7, 11) is 0. The second kappa shape index (κ2) is 3.81. The lowest BCUT2D eigenvalue weighted by atomic mass is 9.91. The second-order valence-corrected chi connectivity index (χ2v) is 5.37. The zero-order valence-electron chi connectivity index (χ0n) is 10.6. The largest absolute Gasteiger partial charge is 0.342 e. The molecule has 0 bridgehead atoms.